The van der Waals surface area contributed by atoms with E-state index in [1.807, 2.05) is 24.0 Å². The minimum atomic E-state index is 0.542. The van der Waals surface area contributed by atoms with Gasteiger partial charge in [0.25, 0.3) is 0 Å². The van der Waals surface area contributed by atoms with Crippen molar-refractivity contribution in [3.63, 3.8) is 0 Å². The number of aromatic nitrogens is 2. The summed E-state index contributed by atoms with van der Waals surface area (Å²) < 4.78 is 8.87. The molecule has 0 amide bonds. The topological polar surface area (TPSA) is 73.1 Å². The van der Waals surface area contributed by atoms with Gasteiger partial charge >= 0.3 is 0 Å². The number of nitrogens with one attached hydrogen (secondary N) is 1. The lowest BCUT2D eigenvalue weighted by atomic mass is 10.0. The molecule has 5 rings (SSSR count). The molecule has 2 aromatic carbocycles. The number of thioether (sulfide) groups is 1. The number of nitrogens with two attached hydrogens (primary N) is 1. The number of rotatable bonds is 8. The highest BCUT2D eigenvalue weighted by Gasteiger charge is 2.23. The number of anilines is 2. The lowest BCUT2D eigenvalue weighted by molar-refractivity contribution is 0.400. The minimum absolute atomic E-state index is 0.542. The molecule has 0 bridgehead atoms. The van der Waals surface area contributed by atoms with E-state index < -0.39 is 0 Å². The van der Waals surface area contributed by atoms with Crippen molar-refractivity contribution in [3.05, 3.63) is 60.8 Å². The van der Waals surface area contributed by atoms with Crippen LogP contribution in [0.25, 0.3) is 33.2 Å². The fraction of sp³-hybridized carbons (Fsp3) is 0.231. The molecule has 0 unspecified atom stereocenters. The Labute approximate surface area is 202 Å². The molecule has 1 saturated carbocycles. The van der Waals surface area contributed by atoms with E-state index >= 15 is 0 Å². The number of methoxy groups -OCH3 is 1. The summed E-state index contributed by atoms with van der Waals surface area (Å²) in [5, 5.41) is 1.73. The summed E-state index contributed by atoms with van der Waals surface area (Å²) in [6.45, 7) is 2.16. The van der Waals surface area contributed by atoms with Crippen LogP contribution in [0.3, 0.4) is 0 Å². The van der Waals surface area contributed by atoms with E-state index in [1.165, 1.54) is 17.7 Å². The van der Waals surface area contributed by atoms with Gasteiger partial charge in [-0.2, -0.15) is 0 Å². The number of hydrogen-bond donors (Lipinski definition) is 2. The van der Waals surface area contributed by atoms with Gasteiger partial charge in [-0.1, -0.05) is 25.1 Å². The average Bonchev–Trinajstić information content (AvgIpc) is 3.67. The van der Waals surface area contributed by atoms with Crippen LogP contribution in [0, 0.1) is 0 Å². The Hall–Kier alpha value is -2.90. The number of benzene rings is 2. The van der Waals surface area contributed by atoms with Crippen LogP contribution in [0.15, 0.2) is 65.7 Å². The van der Waals surface area contributed by atoms with Crippen molar-refractivity contribution in [2.24, 2.45) is 0 Å². The first-order valence-electron chi connectivity index (χ1n) is 11.0. The van der Waals surface area contributed by atoms with Crippen LogP contribution < -0.4 is 15.2 Å². The molecule has 0 radical (unpaired) electrons. The van der Waals surface area contributed by atoms with Gasteiger partial charge in [-0.3, -0.25) is 0 Å². The van der Waals surface area contributed by atoms with Gasteiger partial charge in [0.1, 0.15) is 11.5 Å². The van der Waals surface area contributed by atoms with Crippen LogP contribution in [0.5, 0.6) is 5.88 Å². The molecule has 0 saturated heterocycles. The number of fused-ring (bicyclic) bond motifs is 1. The molecule has 5 nitrogen and oxygen atoms in total. The van der Waals surface area contributed by atoms with Crippen LogP contribution in [0.4, 0.5) is 11.5 Å². The van der Waals surface area contributed by atoms with E-state index in [0.717, 1.165) is 44.6 Å². The smallest absolute Gasteiger partial charge is 0.237 e. The second-order valence-corrected chi connectivity index (χ2v) is 10.4. The Bertz CT molecular complexity index is 1290. The first-order chi connectivity index (χ1) is 16.1. The maximum absolute atomic E-state index is 6.33. The number of pyridine rings is 2. The van der Waals surface area contributed by atoms with Gasteiger partial charge in [-0.15, -0.1) is 11.8 Å². The van der Waals surface area contributed by atoms with Crippen molar-refractivity contribution in [1.82, 2.24) is 9.97 Å². The number of nitrogens with zero attached hydrogens (tertiary/aromatic N) is 2. The third-order valence-electron chi connectivity index (χ3n) is 5.56. The van der Waals surface area contributed by atoms with Crippen molar-refractivity contribution >= 4 is 46.1 Å². The first kappa shape index (κ1) is 21.9. The summed E-state index contributed by atoms with van der Waals surface area (Å²) in [4.78, 5) is 10.4. The van der Waals surface area contributed by atoms with Gasteiger partial charge in [0.2, 0.25) is 5.88 Å². The van der Waals surface area contributed by atoms with Gasteiger partial charge in [0.05, 0.1) is 12.6 Å². The van der Waals surface area contributed by atoms with Crippen LogP contribution in [0.2, 0.25) is 0 Å². The van der Waals surface area contributed by atoms with Crippen LogP contribution in [0.1, 0.15) is 19.8 Å². The SMILES string of the molecule is CCSc1ccc(-c2cc3cc(-c4cnc(OC)c(NSC5CC5)c4)ccc3nc2N)cc1. The van der Waals surface area contributed by atoms with Gasteiger partial charge in [-0.25, -0.2) is 9.97 Å². The zero-order valence-corrected chi connectivity index (χ0v) is 20.3. The van der Waals surface area contributed by atoms with E-state index in [9.17, 15) is 0 Å². The molecule has 1 aliphatic rings. The Morgan fingerprint density at radius 3 is 2.55 bits per heavy atom. The molecule has 0 spiro atoms. The van der Waals surface area contributed by atoms with Crippen molar-refractivity contribution in [2.75, 3.05) is 23.3 Å². The predicted octanol–water partition coefficient (Wildman–Crippen LogP) is 6.89. The van der Waals surface area contributed by atoms with E-state index in [0.29, 0.717) is 16.9 Å². The quantitative estimate of drug-likeness (QED) is 0.213. The lowest BCUT2D eigenvalue weighted by Crippen LogP contribution is -1.97. The zero-order chi connectivity index (χ0) is 22.8. The third kappa shape index (κ3) is 4.89. The standard InChI is InChI=1S/C26H26N4OS2/c1-3-32-20-7-4-16(5-8-20)22-13-18-12-17(6-11-23(18)29-25(22)27)19-14-24(26(31-2)28-15-19)30-33-21-9-10-21/h4-8,11-15,21,30H,3,9-10H2,1-2H3,(H2,27,29). The van der Waals surface area contributed by atoms with E-state index in [-0.39, 0.29) is 0 Å². The fourth-order valence-electron chi connectivity index (χ4n) is 3.68. The molecule has 1 fully saturated rings. The van der Waals surface area contributed by atoms with Crippen molar-refractivity contribution in [3.8, 4) is 28.1 Å². The van der Waals surface area contributed by atoms with Crippen molar-refractivity contribution < 1.29 is 4.74 Å². The monoisotopic (exact) mass is 474 g/mol. The largest absolute Gasteiger partial charge is 0.480 e. The molecule has 7 heteroatoms. The minimum Gasteiger partial charge on any atom is -0.480 e. The van der Waals surface area contributed by atoms with Gasteiger partial charge in [-0.05, 0) is 78.1 Å². The lowest BCUT2D eigenvalue weighted by Gasteiger charge is -2.12. The zero-order valence-electron chi connectivity index (χ0n) is 18.7. The molecule has 0 aliphatic heterocycles. The first-order valence-corrected chi connectivity index (χ1v) is 12.9. The molecule has 4 aromatic rings. The van der Waals surface area contributed by atoms with Gasteiger partial charge in [0, 0.05) is 32.9 Å². The molecule has 1 aliphatic carbocycles. The second-order valence-electron chi connectivity index (χ2n) is 7.99. The highest BCUT2D eigenvalue weighted by Crippen LogP contribution is 2.38. The second kappa shape index (κ2) is 9.53. The van der Waals surface area contributed by atoms with E-state index in [1.54, 1.807) is 19.1 Å². The van der Waals surface area contributed by atoms with Crippen LogP contribution >= 0.6 is 23.7 Å². The van der Waals surface area contributed by atoms with Crippen molar-refractivity contribution in [2.45, 2.75) is 29.9 Å². The van der Waals surface area contributed by atoms with Crippen LogP contribution in [-0.2, 0) is 0 Å². The van der Waals surface area contributed by atoms with Gasteiger partial charge in [0.15, 0.2) is 0 Å². The molecule has 168 valence electrons. The number of ether oxygens (including phenoxy) is 1. The summed E-state index contributed by atoms with van der Waals surface area (Å²) in [5.41, 5.74) is 12.2. The maximum Gasteiger partial charge on any atom is 0.237 e. The summed E-state index contributed by atoms with van der Waals surface area (Å²) in [5.74, 6) is 2.20. The number of hydrogen-bond acceptors (Lipinski definition) is 7. The molecule has 3 N–H and O–H groups in total. The molecule has 2 heterocycles. The molecular weight excluding hydrogens is 448 g/mol. The summed E-state index contributed by atoms with van der Waals surface area (Å²) in [6, 6.07) is 19.0. The Balaban J connectivity index is 1.49. The Morgan fingerprint density at radius 2 is 1.82 bits per heavy atom. The Morgan fingerprint density at radius 1 is 1.03 bits per heavy atom. The third-order valence-corrected chi connectivity index (χ3v) is 7.59. The fourth-order valence-corrected chi connectivity index (χ4v) is 5.15. The Kier molecular flexibility index (Phi) is 6.33. The highest BCUT2D eigenvalue weighted by atomic mass is 32.2. The number of nitrogen functional groups attached to an aromatic ring is 1. The van der Waals surface area contributed by atoms with Crippen molar-refractivity contribution in [1.29, 1.82) is 0 Å². The highest BCUT2D eigenvalue weighted by molar-refractivity contribution is 8.01. The molecule has 2 aromatic heterocycles. The summed E-state index contributed by atoms with van der Waals surface area (Å²) in [6.07, 6.45) is 4.37. The predicted molar refractivity (Wildman–Crippen MR) is 142 cm³/mol. The van der Waals surface area contributed by atoms with Gasteiger partial charge < -0.3 is 15.2 Å². The van der Waals surface area contributed by atoms with E-state index in [4.69, 9.17) is 10.5 Å². The van der Waals surface area contributed by atoms with E-state index in [2.05, 4.69) is 70.1 Å². The summed E-state index contributed by atoms with van der Waals surface area (Å²) in [7, 11) is 1.65. The summed E-state index contributed by atoms with van der Waals surface area (Å²) >= 11 is 3.57. The average molecular weight is 475 g/mol. The molecular formula is C26H26N4OS2. The normalized spacial score (nSPS) is 13.3. The maximum atomic E-state index is 6.33. The molecule has 0 atom stereocenters. The van der Waals surface area contributed by atoms with Crippen LogP contribution in [-0.4, -0.2) is 28.1 Å². The molecule has 33 heavy (non-hydrogen) atoms.